The van der Waals surface area contributed by atoms with Gasteiger partial charge < -0.3 is 5.11 Å². The summed E-state index contributed by atoms with van der Waals surface area (Å²) in [5.41, 5.74) is 0.569. The van der Waals surface area contributed by atoms with Gasteiger partial charge in [-0.15, -0.1) is 11.6 Å². The summed E-state index contributed by atoms with van der Waals surface area (Å²) in [6, 6.07) is 0. The smallest absolute Gasteiger partial charge is 0.228 e. The standard InChI is InChI=1S/C11H14ClN3O2/c1-7-13-4-9(6-16)11(14-7)15-5-8(3-12)2-10(15)17/h4,8,16H,2-3,5-6H2,1H3. The minimum Gasteiger partial charge on any atom is -0.391 e. The van der Waals surface area contributed by atoms with E-state index in [0.717, 1.165) is 0 Å². The molecule has 2 rings (SSSR count). The lowest BCUT2D eigenvalue weighted by Crippen LogP contribution is -2.27. The van der Waals surface area contributed by atoms with Gasteiger partial charge in [-0.05, 0) is 12.8 Å². The first-order valence-electron chi connectivity index (χ1n) is 5.45. The Bertz CT molecular complexity index is 439. The van der Waals surface area contributed by atoms with Crippen LogP contribution in [0.4, 0.5) is 5.82 Å². The Balaban J connectivity index is 2.33. The summed E-state index contributed by atoms with van der Waals surface area (Å²) in [7, 11) is 0. The predicted molar refractivity (Wildman–Crippen MR) is 63.9 cm³/mol. The number of rotatable bonds is 3. The minimum atomic E-state index is -0.176. The van der Waals surface area contributed by atoms with Gasteiger partial charge in [0.2, 0.25) is 5.91 Å². The van der Waals surface area contributed by atoms with Crippen LogP contribution in [0.5, 0.6) is 0 Å². The summed E-state index contributed by atoms with van der Waals surface area (Å²) in [5.74, 6) is 1.71. The van der Waals surface area contributed by atoms with Crippen LogP contribution in [0.25, 0.3) is 0 Å². The Morgan fingerprint density at radius 2 is 2.41 bits per heavy atom. The van der Waals surface area contributed by atoms with Crippen LogP contribution in [-0.2, 0) is 11.4 Å². The molecule has 0 aromatic carbocycles. The predicted octanol–water partition coefficient (Wildman–Crippen LogP) is 0.869. The number of carbonyl (C=O) groups excluding carboxylic acids is 1. The second-order valence-corrected chi connectivity index (χ2v) is 4.46. The molecule has 5 nitrogen and oxygen atoms in total. The first-order valence-corrected chi connectivity index (χ1v) is 5.99. The molecule has 0 radical (unpaired) electrons. The number of nitrogens with zero attached hydrogens (tertiary/aromatic N) is 3. The van der Waals surface area contributed by atoms with Crippen molar-refractivity contribution in [3.05, 3.63) is 17.6 Å². The Labute approximate surface area is 104 Å². The zero-order chi connectivity index (χ0) is 12.4. The van der Waals surface area contributed by atoms with E-state index in [1.54, 1.807) is 18.0 Å². The first kappa shape index (κ1) is 12.3. The zero-order valence-electron chi connectivity index (χ0n) is 9.56. The van der Waals surface area contributed by atoms with E-state index in [9.17, 15) is 9.90 Å². The van der Waals surface area contributed by atoms with Crippen molar-refractivity contribution in [1.82, 2.24) is 9.97 Å². The molecule has 0 spiro atoms. The Kier molecular flexibility index (Phi) is 3.59. The Hall–Kier alpha value is -1.20. The molecule has 17 heavy (non-hydrogen) atoms. The number of amides is 1. The van der Waals surface area contributed by atoms with Crippen LogP contribution in [0.15, 0.2) is 6.20 Å². The van der Waals surface area contributed by atoms with Crippen LogP contribution in [0.3, 0.4) is 0 Å². The lowest BCUT2D eigenvalue weighted by atomic mass is 10.1. The Morgan fingerprint density at radius 1 is 1.65 bits per heavy atom. The van der Waals surface area contributed by atoms with Gasteiger partial charge in [-0.2, -0.15) is 0 Å². The van der Waals surface area contributed by atoms with Crippen molar-refractivity contribution in [1.29, 1.82) is 0 Å². The largest absolute Gasteiger partial charge is 0.391 e. The number of carbonyl (C=O) groups is 1. The van der Waals surface area contributed by atoms with Gasteiger partial charge in [0.1, 0.15) is 11.6 Å². The fourth-order valence-electron chi connectivity index (χ4n) is 1.92. The van der Waals surface area contributed by atoms with Crippen molar-refractivity contribution < 1.29 is 9.90 Å². The number of aromatic nitrogens is 2. The van der Waals surface area contributed by atoms with Crippen molar-refractivity contribution in [2.24, 2.45) is 5.92 Å². The van der Waals surface area contributed by atoms with Crippen molar-refractivity contribution in [2.45, 2.75) is 20.0 Å². The molecule has 0 aliphatic carbocycles. The van der Waals surface area contributed by atoms with Crippen LogP contribution in [-0.4, -0.2) is 33.4 Å². The molecule has 92 valence electrons. The summed E-state index contributed by atoms with van der Waals surface area (Å²) in [6.45, 7) is 2.14. The summed E-state index contributed by atoms with van der Waals surface area (Å²) in [5, 5.41) is 9.23. The zero-order valence-corrected chi connectivity index (χ0v) is 10.3. The number of aryl methyl sites for hydroxylation is 1. The average molecular weight is 256 g/mol. The van der Waals surface area contributed by atoms with Crippen LogP contribution in [0.2, 0.25) is 0 Å². The number of halogens is 1. The quantitative estimate of drug-likeness (QED) is 0.814. The highest BCUT2D eigenvalue weighted by Gasteiger charge is 2.32. The summed E-state index contributed by atoms with van der Waals surface area (Å²) >= 11 is 5.77. The third-order valence-corrected chi connectivity index (χ3v) is 3.25. The molecule has 1 amide bonds. The molecular weight excluding hydrogens is 242 g/mol. The highest BCUT2D eigenvalue weighted by Crippen LogP contribution is 2.26. The van der Waals surface area contributed by atoms with Crippen LogP contribution in [0.1, 0.15) is 17.8 Å². The van der Waals surface area contributed by atoms with E-state index in [2.05, 4.69) is 9.97 Å². The molecule has 1 aromatic heterocycles. The summed E-state index contributed by atoms with van der Waals surface area (Å²) < 4.78 is 0. The van der Waals surface area contributed by atoms with Gasteiger partial charge in [-0.3, -0.25) is 9.69 Å². The molecular formula is C11H14ClN3O2. The van der Waals surface area contributed by atoms with Crippen molar-refractivity contribution in [3.8, 4) is 0 Å². The van der Waals surface area contributed by atoms with Crippen molar-refractivity contribution >= 4 is 23.3 Å². The third-order valence-electron chi connectivity index (χ3n) is 2.81. The topological polar surface area (TPSA) is 66.3 Å². The normalized spacial score (nSPS) is 20.1. The molecule has 1 aromatic rings. The highest BCUT2D eigenvalue weighted by atomic mass is 35.5. The molecule has 1 saturated heterocycles. The summed E-state index contributed by atoms with van der Waals surface area (Å²) in [4.78, 5) is 21.7. The third kappa shape index (κ3) is 2.40. The molecule has 1 aliphatic heterocycles. The number of hydrogen-bond donors (Lipinski definition) is 1. The average Bonchev–Trinajstić information content (AvgIpc) is 2.70. The van der Waals surface area contributed by atoms with Crippen LogP contribution in [0, 0.1) is 12.8 Å². The van der Waals surface area contributed by atoms with Gasteiger partial charge in [0, 0.05) is 30.6 Å². The van der Waals surface area contributed by atoms with Crippen LogP contribution >= 0.6 is 11.6 Å². The van der Waals surface area contributed by atoms with Gasteiger partial charge >= 0.3 is 0 Å². The SMILES string of the molecule is Cc1ncc(CO)c(N2CC(CCl)CC2=O)n1. The number of alkyl halides is 1. The van der Waals surface area contributed by atoms with E-state index in [-0.39, 0.29) is 18.4 Å². The van der Waals surface area contributed by atoms with Gasteiger partial charge in [-0.25, -0.2) is 9.97 Å². The summed E-state index contributed by atoms with van der Waals surface area (Å²) in [6.07, 6.45) is 2.00. The van der Waals surface area contributed by atoms with Crippen molar-refractivity contribution in [3.63, 3.8) is 0 Å². The van der Waals surface area contributed by atoms with Crippen molar-refractivity contribution in [2.75, 3.05) is 17.3 Å². The molecule has 1 aliphatic rings. The van der Waals surface area contributed by atoms with E-state index < -0.39 is 0 Å². The van der Waals surface area contributed by atoms with Gasteiger partial charge in [0.25, 0.3) is 0 Å². The lowest BCUT2D eigenvalue weighted by molar-refractivity contribution is -0.117. The van der Waals surface area contributed by atoms with Crippen LogP contribution < -0.4 is 4.90 Å². The molecule has 1 unspecified atom stereocenters. The maximum atomic E-state index is 11.8. The lowest BCUT2D eigenvalue weighted by Gasteiger charge is -2.18. The molecule has 0 saturated carbocycles. The molecule has 2 heterocycles. The van der Waals surface area contributed by atoms with E-state index in [0.29, 0.717) is 36.1 Å². The number of aliphatic hydroxyl groups excluding tert-OH is 1. The van der Waals surface area contributed by atoms with E-state index in [1.165, 1.54) is 0 Å². The fourth-order valence-corrected chi connectivity index (χ4v) is 2.12. The second-order valence-electron chi connectivity index (χ2n) is 4.15. The molecule has 1 N–H and O–H groups in total. The maximum absolute atomic E-state index is 11.8. The van der Waals surface area contributed by atoms with E-state index in [1.807, 2.05) is 0 Å². The minimum absolute atomic E-state index is 0.00319. The molecule has 0 bridgehead atoms. The molecule has 1 atom stereocenters. The fraction of sp³-hybridized carbons (Fsp3) is 0.545. The monoisotopic (exact) mass is 255 g/mol. The number of anilines is 1. The second kappa shape index (κ2) is 4.98. The van der Waals surface area contributed by atoms with E-state index in [4.69, 9.17) is 11.6 Å². The maximum Gasteiger partial charge on any atom is 0.228 e. The van der Waals surface area contributed by atoms with Gasteiger partial charge in [0.05, 0.1) is 6.61 Å². The number of hydrogen-bond acceptors (Lipinski definition) is 4. The number of aliphatic hydroxyl groups is 1. The van der Waals surface area contributed by atoms with Gasteiger partial charge in [-0.1, -0.05) is 0 Å². The Morgan fingerprint density at radius 3 is 3.00 bits per heavy atom. The molecule has 1 fully saturated rings. The van der Waals surface area contributed by atoms with Gasteiger partial charge in [0.15, 0.2) is 0 Å². The molecule has 6 heteroatoms. The highest BCUT2D eigenvalue weighted by molar-refractivity contribution is 6.18. The first-order chi connectivity index (χ1) is 8.15. The van der Waals surface area contributed by atoms with E-state index >= 15 is 0 Å².